The first-order valence-corrected chi connectivity index (χ1v) is 9.55. The molecule has 2 aromatic heterocycles. The first-order chi connectivity index (χ1) is 13.5. The second-order valence-electron chi connectivity index (χ2n) is 5.69. The summed E-state index contributed by atoms with van der Waals surface area (Å²) in [5.74, 6) is -0.433. The van der Waals surface area contributed by atoms with Gasteiger partial charge in [0.25, 0.3) is 11.8 Å². The molecule has 3 heterocycles. The summed E-state index contributed by atoms with van der Waals surface area (Å²) in [6.45, 7) is 0.311. The Morgan fingerprint density at radius 1 is 1.25 bits per heavy atom. The number of nitrogens with one attached hydrogen (secondary N) is 2. The number of pyridine rings is 1. The van der Waals surface area contributed by atoms with Crippen LogP contribution in [-0.4, -0.2) is 38.5 Å². The summed E-state index contributed by atoms with van der Waals surface area (Å²) in [6.07, 6.45) is 6.67. The molecule has 1 aliphatic heterocycles. The third-order valence-corrected chi connectivity index (χ3v) is 5.11. The van der Waals surface area contributed by atoms with Crippen LogP contribution in [0.15, 0.2) is 52.2 Å². The number of hydrogen-bond donors (Lipinski definition) is 2. The quantitative estimate of drug-likeness (QED) is 0.422. The molecule has 1 saturated heterocycles. The zero-order valence-corrected chi connectivity index (χ0v) is 16.2. The Bertz CT molecular complexity index is 913. The average molecular weight is 416 g/mol. The number of rotatable bonds is 6. The van der Waals surface area contributed by atoms with Gasteiger partial charge in [0.1, 0.15) is 10.1 Å². The molecule has 8 nitrogen and oxygen atoms in total. The van der Waals surface area contributed by atoms with Gasteiger partial charge in [0.2, 0.25) is 5.91 Å². The SMILES string of the molecule is O=C(CCCN1C(=O)/C(=C\c2ccco2)SC1=S)NNC(=O)c1ccncc1. The van der Waals surface area contributed by atoms with E-state index in [9.17, 15) is 14.4 Å². The van der Waals surface area contributed by atoms with Crippen LogP contribution in [0.5, 0.6) is 0 Å². The maximum absolute atomic E-state index is 12.4. The molecule has 2 aromatic rings. The normalized spacial score (nSPS) is 15.1. The van der Waals surface area contributed by atoms with Gasteiger partial charge in [-0.3, -0.25) is 35.1 Å². The van der Waals surface area contributed by atoms with Gasteiger partial charge in [-0.25, -0.2) is 0 Å². The van der Waals surface area contributed by atoms with E-state index in [1.807, 2.05) is 0 Å². The fourth-order valence-electron chi connectivity index (χ4n) is 2.36. The van der Waals surface area contributed by atoms with Gasteiger partial charge in [-0.05, 0) is 30.7 Å². The predicted octanol–water partition coefficient (Wildman–Crippen LogP) is 2.12. The highest BCUT2D eigenvalue weighted by molar-refractivity contribution is 8.26. The molecule has 1 fully saturated rings. The monoisotopic (exact) mass is 416 g/mol. The fourth-order valence-corrected chi connectivity index (χ4v) is 3.65. The molecule has 2 N–H and O–H groups in total. The molecule has 0 spiro atoms. The van der Waals surface area contributed by atoms with Gasteiger partial charge in [0.05, 0.1) is 11.2 Å². The van der Waals surface area contributed by atoms with Gasteiger partial charge in [0, 0.05) is 37.0 Å². The average Bonchev–Trinajstić information content (AvgIpc) is 3.30. The zero-order valence-electron chi connectivity index (χ0n) is 14.6. The molecule has 0 atom stereocenters. The van der Waals surface area contributed by atoms with Gasteiger partial charge in [-0.15, -0.1) is 0 Å². The van der Waals surface area contributed by atoms with Crippen LogP contribution in [-0.2, 0) is 9.59 Å². The van der Waals surface area contributed by atoms with Crippen molar-refractivity contribution in [2.45, 2.75) is 12.8 Å². The second kappa shape index (κ2) is 9.29. The van der Waals surface area contributed by atoms with Crippen molar-refractivity contribution in [2.75, 3.05) is 6.54 Å². The van der Waals surface area contributed by atoms with Gasteiger partial charge in [0.15, 0.2) is 0 Å². The standard InChI is InChI=1S/C18H16N4O4S2/c23-15(20-21-16(24)12-5-7-19-8-6-12)4-1-9-22-17(25)14(28-18(22)27)11-13-3-2-10-26-13/h2-3,5-8,10-11H,1,4,9H2,(H,20,23)(H,21,24)/b14-11+. The molecule has 3 amide bonds. The third-order valence-electron chi connectivity index (χ3n) is 3.73. The molecular formula is C18H16N4O4S2. The molecule has 0 radical (unpaired) electrons. The summed E-state index contributed by atoms with van der Waals surface area (Å²) in [5, 5.41) is 0. The minimum atomic E-state index is -0.434. The molecule has 10 heteroatoms. The van der Waals surface area contributed by atoms with Crippen LogP contribution in [0, 0.1) is 0 Å². The van der Waals surface area contributed by atoms with Crippen LogP contribution in [0.25, 0.3) is 6.08 Å². The van der Waals surface area contributed by atoms with Crippen LogP contribution in [0.1, 0.15) is 29.0 Å². The number of furan rings is 1. The van der Waals surface area contributed by atoms with E-state index < -0.39 is 5.91 Å². The minimum Gasteiger partial charge on any atom is -0.465 e. The number of nitrogens with zero attached hydrogens (tertiary/aromatic N) is 2. The van der Waals surface area contributed by atoms with Crippen molar-refractivity contribution in [3.8, 4) is 0 Å². The Morgan fingerprint density at radius 2 is 2.04 bits per heavy atom. The molecule has 28 heavy (non-hydrogen) atoms. The van der Waals surface area contributed by atoms with Crippen LogP contribution in [0.2, 0.25) is 0 Å². The molecule has 1 aliphatic rings. The van der Waals surface area contributed by atoms with Crippen molar-refractivity contribution in [3.05, 3.63) is 59.2 Å². The van der Waals surface area contributed by atoms with Crippen molar-refractivity contribution in [3.63, 3.8) is 0 Å². The van der Waals surface area contributed by atoms with Gasteiger partial charge in [-0.2, -0.15) is 0 Å². The van der Waals surface area contributed by atoms with E-state index in [1.54, 1.807) is 18.2 Å². The van der Waals surface area contributed by atoms with Crippen molar-refractivity contribution in [1.29, 1.82) is 0 Å². The molecular weight excluding hydrogens is 400 g/mol. The number of carbonyl (C=O) groups is 3. The van der Waals surface area contributed by atoms with E-state index in [0.717, 1.165) is 0 Å². The van der Waals surface area contributed by atoms with E-state index in [1.165, 1.54) is 47.5 Å². The predicted molar refractivity (Wildman–Crippen MR) is 108 cm³/mol. The van der Waals surface area contributed by atoms with Gasteiger partial charge < -0.3 is 4.42 Å². The van der Waals surface area contributed by atoms with E-state index in [4.69, 9.17) is 16.6 Å². The lowest BCUT2D eigenvalue weighted by Gasteiger charge is -2.14. The molecule has 0 unspecified atom stereocenters. The number of aromatic nitrogens is 1. The van der Waals surface area contributed by atoms with Gasteiger partial charge >= 0.3 is 0 Å². The molecule has 0 saturated carbocycles. The summed E-state index contributed by atoms with van der Waals surface area (Å²) in [6, 6.07) is 6.55. The molecule has 0 aliphatic carbocycles. The maximum atomic E-state index is 12.4. The molecule has 0 aromatic carbocycles. The number of hydrogen-bond acceptors (Lipinski definition) is 7. The first kappa shape index (κ1) is 19.8. The van der Waals surface area contributed by atoms with Crippen molar-refractivity contribution < 1.29 is 18.8 Å². The molecule has 144 valence electrons. The second-order valence-corrected chi connectivity index (χ2v) is 7.37. The Morgan fingerprint density at radius 3 is 2.75 bits per heavy atom. The third kappa shape index (κ3) is 5.05. The van der Waals surface area contributed by atoms with Crippen molar-refractivity contribution in [1.82, 2.24) is 20.7 Å². The summed E-state index contributed by atoms with van der Waals surface area (Å²) in [7, 11) is 0. The van der Waals surface area contributed by atoms with Crippen molar-refractivity contribution in [2.24, 2.45) is 0 Å². The summed E-state index contributed by atoms with van der Waals surface area (Å²) >= 11 is 6.44. The van der Waals surface area contributed by atoms with Crippen LogP contribution in [0.4, 0.5) is 0 Å². The van der Waals surface area contributed by atoms with Gasteiger partial charge in [-0.1, -0.05) is 24.0 Å². The highest BCUT2D eigenvalue weighted by Gasteiger charge is 2.31. The maximum Gasteiger partial charge on any atom is 0.269 e. The largest absolute Gasteiger partial charge is 0.465 e. The lowest BCUT2D eigenvalue weighted by atomic mass is 10.2. The minimum absolute atomic E-state index is 0.130. The van der Waals surface area contributed by atoms with Crippen LogP contribution < -0.4 is 10.9 Å². The number of amides is 3. The highest BCUT2D eigenvalue weighted by atomic mass is 32.2. The lowest BCUT2D eigenvalue weighted by Crippen LogP contribution is -2.41. The fraction of sp³-hybridized carbons (Fsp3) is 0.167. The molecule has 3 rings (SSSR count). The number of hydrazine groups is 1. The Hall–Kier alpha value is -2.98. The Balaban J connectivity index is 1.43. The summed E-state index contributed by atoms with van der Waals surface area (Å²) < 4.78 is 5.65. The number of thiocarbonyl (C=S) groups is 1. The van der Waals surface area contributed by atoms with E-state index in [0.29, 0.717) is 33.5 Å². The molecule has 0 bridgehead atoms. The first-order valence-electron chi connectivity index (χ1n) is 8.32. The Kier molecular flexibility index (Phi) is 6.56. The topological polar surface area (TPSA) is 105 Å². The number of thioether (sulfide) groups is 1. The van der Waals surface area contributed by atoms with Crippen molar-refractivity contribution >= 4 is 52.1 Å². The number of carbonyl (C=O) groups excluding carboxylic acids is 3. The Labute approximate surface area is 170 Å². The lowest BCUT2D eigenvalue weighted by molar-refractivity contribution is -0.124. The van der Waals surface area contributed by atoms with E-state index >= 15 is 0 Å². The van der Waals surface area contributed by atoms with Crippen LogP contribution >= 0.6 is 24.0 Å². The highest BCUT2D eigenvalue weighted by Crippen LogP contribution is 2.32. The van der Waals surface area contributed by atoms with E-state index in [2.05, 4.69) is 15.8 Å². The zero-order chi connectivity index (χ0) is 19.9. The summed E-state index contributed by atoms with van der Waals surface area (Å²) in [4.78, 5) is 41.9. The van der Waals surface area contributed by atoms with Crippen LogP contribution in [0.3, 0.4) is 0 Å². The smallest absolute Gasteiger partial charge is 0.269 e. The van der Waals surface area contributed by atoms with E-state index in [-0.39, 0.29) is 18.2 Å². The summed E-state index contributed by atoms with van der Waals surface area (Å²) in [5.41, 5.74) is 5.06.